The summed E-state index contributed by atoms with van der Waals surface area (Å²) >= 11 is 0. The Balaban J connectivity index is 2.20. The molecule has 0 saturated heterocycles. The second-order valence-electron chi connectivity index (χ2n) is 6.20. The van der Waals surface area contributed by atoms with E-state index >= 15 is 0 Å². The van der Waals surface area contributed by atoms with Gasteiger partial charge in [0, 0.05) is 29.4 Å². The van der Waals surface area contributed by atoms with E-state index in [1.165, 1.54) is 33.6 Å². The van der Waals surface area contributed by atoms with Gasteiger partial charge in [-0.15, -0.1) is 0 Å². The summed E-state index contributed by atoms with van der Waals surface area (Å²) in [5, 5.41) is 0. The SMILES string of the molecule is C/N=C1\c2cc(C(C)C)ccc2-c2[nH]c(C(C)C)cc21. The fourth-order valence-corrected chi connectivity index (χ4v) is 2.91. The van der Waals surface area contributed by atoms with Gasteiger partial charge in [-0.05, 0) is 29.5 Å². The topological polar surface area (TPSA) is 28.1 Å². The lowest BCUT2D eigenvalue weighted by Gasteiger charge is -2.09. The zero-order valence-corrected chi connectivity index (χ0v) is 12.9. The molecule has 1 aliphatic carbocycles. The number of benzene rings is 1. The van der Waals surface area contributed by atoms with Gasteiger partial charge in [-0.2, -0.15) is 0 Å². The lowest BCUT2D eigenvalue weighted by atomic mass is 9.97. The Morgan fingerprint density at radius 3 is 2.25 bits per heavy atom. The molecule has 1 aromatic carbocycles. The Hall–Kier alpha value is -1.83. The van der Waals surface area contributed by atoms with E-state index in [0.717, 1.165) is 5.71 Å². The predicted octanol–water partition coefficient (Wildman–Crippen LogP) is 4.71. The quantitative estimate of drug-likeness (QED) is 0.696. The van der Waals surface area contributed by atoms with Gasteiger partial charge in [0.1, 0.15) is 0 Å². The van der Waals surface area contributed by atoms with E-state index in [0.29, 0.717) is 11.8 Å². The van der Waals surface area contributed by atoms with Gasteiger partial charge in [-0.1, -0.05) is 39.8 Å². The predicted molar refractivity (Wildman–Crippen MR) is 86.0 cm³/mol. The first kappa shape index (κ1) is 13.2. The molecule has 2 heteroatoms. The summed E-state index contributed by atoms with van der Waals surface area (Å²) in [6.45, 7) is 8.89. The molecule has 104 valence electrons. The molecule has 0 aliphatic heterocycles. The number of nitrogens with zero attached hydrogens (tertiary/aromatic N) is 1. The Kier molecular flexibility index (Phi) is 3.04. The lowest BCUT2D eigenvalue weighted by Crippen LogP contribution is -1.99. The fourth-order valence-electron chi connectivity index (χ4n) is 2.91. The third kappa shape index (κ3) is 1.82. The average Bonchev–Trinajstić information content (AvgIpc) is 2.94. The second-order valence-corrected chi connectivity index (χ2v) is 6.20. The van der Waals surface area contributed by atoms with Crippen molar-refractivity contribution in [3.63, 3.8) is 0 Å². The molecule has 0 unspecified atom stereocenters. The Morgan fingerprint density at radius 1 is 0.900 bits per heavy atom. The molecule has 1 aromatic heterocycles. The Bertz CT molecular complexity index is 687. The fraction of sp³-hybridized carbons (Fsp3) is 0.389. The minimum Gasteiger partial charge on any atom is -0.358 e. The van der Waals surface area contributed by atoms with E-state index in [1.807, 2.05) is 7.05 Å². The average molecular weight is 266 g/mol. The highest BCUT2D eigenvalue weighted by Gasteiger charge is 2.27. The molecular formula is C18H22N2. The third-order valence-electron chi connectivity index (χ3n) is 4.17. The van der Waals surface area contributed by atoms with Crippen LogP contribution >= 0.6 is 0 Å². The molecule has 0 saturated carbocycles. The van der Waals surface area contributed by atoms with Crippen molar-refractivity contribution in [2.24, 2.45) is 4.99 Å². The number of rotatable bonds is 2. The second kappa shape index (κ2) is 4.62. The molecule has 0 radical (unpaired) electrons. The summed E-state index contributed by atoms with van der Waals surface area (Å²) in [4.78, 5) is 8.12. The van der Waals surface area contributed by atoms with E-state index in [1.54, 1.807) is 0 Å². The van der Waals surface area contributed by atoms with Gasteiger partial charge in [0.25, 0.3) is 0 Å². The highest BCUT2D eigenvalue weighted by Crippen LogP contribution is 2.39. The zero-order chi connectivity index (χ0) is 14.4. The minimum absolute atomic E-state index is 0.511. The monoisotopic (exact) mass is 266 g/mol. The molecule has 2 nitrogen and oxygen atoms in total. The van der Waals surface area contributed by atoms with Gasteiger partial charge in [-0.25, -0.2) is 0 Å². The van der Waals surface area contributed by atoms with Crippen molar-refractivity contribution in [2.75, 3.05) is 7.05 Å². The Labute approximate surface area is 121 Å². The highest BCUT2D eigenvalue weighted by molar-refractivity contribution is 6.24. The zero-order valence-electron chi connectivity index (χ0n) is 12.9. The summed E-state index contributed by atoms with van der Waals surface area (Å²) in [5.41, 5.74) is 8.84. The van der Waals surface area contributed by atoms with E-state index in [4.69, 9.17) is 0 Å². The highest BCUT2D eigenvalue weighted by atomic mass is 14.8. The minimum atomic E-state index is 0.511. The van der Waals surface area contributed by atoms with Gasteiger partial charge in [0.05, 0.1) is 11.4 Å². The molecule has 20 heavy (non-hydrogen) atoms. The molecular weight excluding hydrogens is 244 g/mol. The number of hydrogen-bond acceptors (Lipinski definition) is 1. The summed E-state index contributed by atoms with van der Waals surface area (Å²) < 4.78 is 0. The number of aliphatic imine (C=N–C) groups is 1. The summed E-state index contributed by atoms with van der Waals surface area (Å²) in [6.07, 6.45) is 0. The third-order valence-corrected chi connectivity index (χ3v) is 4.17. The van der Waals surface area contributed by atoms with Crippen LogP contribution in [0.1, 0.15) is 61.9 Å². The van der Waals surface area contributed by atoms with Gasteiger partial charge in [0.2, 0.25) is 0 Å². The van der Waals surface area contributed by atoms with Crippen molar-refractivity contribution < 1.29 is 0 Å². The van der Waals surface area contributed by atoms with Gasteiger partial charge >= 0.3 is 0 Å². The molecule has 1 heterocycles. The maximum atomic E-state index is 4.54. The smallest absolute Gasteiger partial charge is 0.0744 e. The number of aromatic amines is 1. The number of H-pyrrole nitrogens is 1. The summed E-state index contributed by atoms with van der Waals surface area (Å²) in [7, 11) is 1.89. The maximum absolute atomic E-state index is 4.54. The standard InChI is InChI=1S/C18H22N2/c1-10(2)12-6-7-13-14(8-12)17(19-5)15-9-16(11(3)4)20-18(13)15/h6-11,20H,1-5H3/b19-17+. The molecule has 0 amide bonds. The first-order valence-corrected chi connectivity index (χ1v) is 7.37. The van der Waals surface area contributed by atoms with Crippen molar-refractivity contribution >= 4 is 5.71 Å². The molecule has 2 aromatic rings. The van der Waals surface area contributed by atoms with Crippen LogP contribution in [0, 0.1) is 0 Å². The van der Waals surface area contributed by atoms with Crippen LogP contribution in [-0.2, 0) is 0 Å². The first-order valence-electron chi connectivity index (χ1n) is 7.37. The molecule has 0 spiro atoms. The molecule has 1 aliphatic rings. The van der Waals surface area contributed by atoms with Crippen LogP contribution in [0.25, 0.3) is 11.3 Å². The number of aromatic nitrogens is 1. The molecule has 1 N–H and O–H groups in total. The van der Waals surface area contributed by atoms with E-state index in [9.17, 15) is 0 Å². The number of hydrogen-bond donors (Lipinski definition) is 1. The van der Waals surface area contributed by atoms with Crippen LogP contribution < -0.4 is 0 Å². The summed E-state index contributed by atoms with van der Waals surface area (Å²) in [6, 6.07) is 9.03. The number of nitrogens with one attached hydrogen (secondary N) is 1. The van der Waals surface area contributed by atoms with Crippen LogP contribution in [0.3, 0.4) is 0 Å². The van der Waals surface area contributed by atoms with Crippen LogP contribution in [-0.4, -0.2) is 17.7 Å². The summed E-state index contributed by atoms with van der Waals surface area (Å²) in [5.74, 6) is 1.06. The van der Waals surface area contributed by atoms with Crippen molar-refractivity contribution in [1.82, 2.24) is 4.98 Å². The largest absolute Gasteiger partial charge is 0.358 e. The van der Waals surface area contributed by atoms with Gasteiger partial charge in [0.15, 0.2) is 0 Å². The number of fused-ring (bicyclic) bond motifs is 3. The lowest BCUT2D eigenvalue weighted by molar-refractivity contribution is 0.833. The van der Waals surface area contributed by atoms with E-state index in [-0.39, 0.29) is 0 Å². The van der Waals surface area contributed by atoms with Crippen LogP contribution in [0.5, 0.6) is 0 Å². The van der Waals surface area contributed by atoms with Crippen LogP contribution in [0.4, 0.5) is 0 Å². The molecule has 0 bridgehead atoms. The molecule has 0 atom stereocenters. The van der Waals surface area contributed by atoms with Crippen molar-refractivity contribution in [3.05, 3.63) is 46.6 Å². The van der Waals surface area contributed by atoms with E-state index < -0.39 is 0 Å². The maximum Gasteiger partial charge on any atom is 0.0744 e. The van der Waals surface area contributed by atoms with Crippen molar-refractivity contribution in [3.8, 4) is 11.3 Å². The van der Waals surface area contributed by atoms with Crippen molar-refractivity contribution in [1.29, 1.82) is 0 Å². The van der Waals surface area contributed by atoms with Gasteiger partial charge < -0.3 is 4.98 Å². The molecule has 3 rings (SSSR count). The first-order chi connectivity index (χ1) is 9.52. The van der Waals surface area contributed by atoms with Crippen LogP contribution in [0.2, 0.25) is 0 Å². The molecule has 0 fully saturated rings. The Morgan fingerprint density at radius 2 is 1.65 bits per heavy atom. The van der Waals surface area contributed by atoms with Crippen LogP contribution in [0.15, 0.2) is 29.3 Å². The van der Waals surface area contributed by atoms with Crippen molar-refractivity contribution in [2.45, 2.75) is 39.5 Å². The van der Waals surface area contributed by atoms with Gasteiger partial charge in [-0.3, -0.25) is 4.99 Å². The normalized spacial score (nSPS) is 15.2. The van der Waals surface area contributed by atoms with E-state index in [2.05, 4.69) is 61.9 Å².